The summed E-state index contributed by atoms with van der Waals surface area (Å²) in [6, 6.07) is 18.0. The highest BCUT2D eigenvalue weighted by Crippen LogP contribution is 2.44. The van der Waals surface area contributed by atoms with Crippen LogP contribution >= 0.6 is 0 Å². The Bertz CT molecular complexity index is 844. The Morgan fingerprint density at radius 2 is 1.70 bits per heavy atom. The Hall–Kier alpha value is -2.62. The van der Waals surface area contributed by atoms with E-state index >= 15 is 0 Å². The fourth-order valence-corrected chi connectivity index (χ4v) is 4.15. The van der Waals surface area contributed by atoms with E-state index in [4.69, 9.17) is 0 Å². The number of carbonyl (C=O) groups excluding carboxylic acids is 2. The molecule has 0 aromatic heterocycles. The number of hydrogen-bond acceptors (Lipinski definition) is 2. The van der Waals surface area contributed by atoms with Crippen LogP contribution in [-0.2, 0) is 9.59 Å². The molecule has 1 aliphatic heterocycles. The minimum atomic E-state index is -0.0485. The van der Waals surface area contributed by atoms with Crippen molar-refractivity contribution in [2.24, 2.45) is 5.92 Å². The van der Waals surface area contributed by atoms with Crippen LogP contribution in [0.1, 0.15) is 51.1 Å². The highest BCUT2D eigenvalue weighted by atomic mass is 16.2. The fraction of sp³-hybridized carbons (Fsp3) is 0.391. The third-order valence-corrected chi connectivity index (χ3v) is 5.64. The number of fused-ring (bicyclic) bond motifs is 1. The van der Waals surface area contributed by atoms with E-state index in [1.54, 1.807) is 0 Å². The molecule has 140 valence electrons. The van der Waals surface area contributed by atoms with Gasteiger partial charge in [0.2, 0.25) is 11.8 Å². The standard InChI is InChI=1S/C23H26N2O2/c1-3-22(26)24-16(2)15-21(19-11-7-8-12-20(19)24)25(23(27)17-13-14-17)18-9-5-4-6-10-18/h4-12,16-17,21H,3,13-15H2,1-2H3/t16-,21-/m1/s1. The number of amides is 2. The molecule has 1 saturated carbocycles. The van der Waals surface area contributed by atoms with Gasteiger partial charge in [0, 0.05) is 29.8 Å². The van der Waals surface area contributed by atoms with Gasteiger partial charge in [-0.3, -0.25) is 9.59 Å². The summed E-state index contributed by atoms with van der Waals surface area (Å²) in [7, 11) is 0. The van der Waals surface area contributed by atoms with Gasteiger partial charge in [-0.15, -0.1) is 0 Å². The first kappa shape index (κ1) is 17.8. The molecule has 2 aliphatic rings. The molecule has 1 fully saturated rings. The average molecular weight is 362 g/mol. The van der Waals surface area contributed by atoms with Crippen molar-refractivity contribution in [3.63, 3.8) is 0 Å². The SMILES string of the molecule is CCC(=O)N1c2ccccc2[C@H](N(C(=O)C2CC2)c2ccccc2)C[C@H]1C. The number of benzene rings is 2. The molecule has 27 heavy (non-hydrogen) atoms. The Balaban J connectivity index is 1.80. The number of carbonyl (C=O) groups is 2. The Kier molecular flexibility index (Phi) is 4.73. The van der Waals surface area contributed by atoms with Crippen LogP contribution in [-0.4, -0.2) is 17.9 Å². The highest BCUT2D eigenvalue weighted by Gasteiger charge is 2.42. The number of rotatable bonds is 4. The van der Waals surface area contributed by atoms with Gasteiger partial charge in [-0.1, -0.05) is 43.3 Å². The second kappa shape index (κ2) is 7.18. The highest BCUT2D eigenvalue weighted by molar-refractivity contribution is 5.99. The molecule has 2 aromatic rings. The maximum Gasteiger partial charge on any atom is 0.230 e. The first-order valence-corrected chi connectivity index (χ1v) is 9.91. The van der Waals surface area contributed by atoms with Gasteiger partial charge in [-0.05, 0) is 49.9 Å². The summed E-state index contributed by atoms with van der Waals surface area (Å²) >= 11 is 0. The van der Waals surface area contributed by atoms with E-state index in [0.29, 0.717) is 6.42 Å². The van der Waals surface area contributed by atoms with Gasteiger partial charge in [0.1, 0.15) is 0 Å². The maximum absolute atomic E-state index is 13.2. The van der Waals surface area contributed by atoms with E-state index in [0.717, 1.165) is 36.2 Å². The van der Waals surface area contributed by atoms with Gasteiger partial charge in [-0.2, -0.15) is 0 Å². The molecule has 1 aliphatic carbocycles. The zero-order valence-electron chi connectivity index (χ0n) is 16.0. The van der Waals surface area contributed by atoms with E-state index in [1.165, 1.54) is 0 Å². The second-order valence-corrected chi connectivity index (χ2v) is 7.59. The first-order chi connectivity index (χ1) is 13.1. The predicted octanol–water partition coefficient (Wildman–Crippen LogP) is 4.71. The van der Waals surface area contributed by atoms with Crippen molar-refractivity contribution in [2.45, 2.75) is 51.6 Å². The van der Waals surface area contributed by atoms with Crippen LogP contribution in [0.5, 0.6) is 0 Å². The predicted molar refractivity (Wildman–Crippen MR) is 108 cm³/mol. The molecule has 2 amide bonds. The van der Waals surface area contributed by atoms with Gasteiger partial charge in [0.15, 0.2) is 0 Å². The summed E-state index contributed by atoms with van der Waals surface area (Å²) in [5, 5.41) is 0. The molecule has 0 saturated heterocycles. The van der Waals surface area contributed by atoms with Crippen molar-refractivity contribution in [2.75, 3.05) is 9.80 Å². The summed E-state index contributed by atoms with van der Waals surface area (Å²) < 4.78 is 0. The number of anilines is 2. The van der Waals surface area contributed by atoms with Crippen LogP contribution in [0.2, 0.25) is 0 Å². The van der Waals surface area contributed by atoms with Gasteiger partial charge in [-0.25, -0.2) is 0 Å². The van der Waals surface area contributed by atoms with Gasteiger partial charge < -0.3 is 9.80 Å². The van der Waals surface area contributed by atoms with Crippen LogP contribution in [0.4, 0.5) is 11.4 Å². The van der Waals surface area contributed by atoms with Crippen molar-refractivity contribution in [3.8, 4) is 0 Å². The van der Waals surface area contributed by atoms with Crippen molar-refractivity contribution in [1.82, 2.24) is 0 Å². The number of hydrogen-bond donors (Lipinski definition) is 0. The molecule has 0 unspecified atom stereocenters. The van der Waals surface area contributed by atoms with Gasteiger partial charge in [0.05, 0.1) is 6.04 Å². The van der Waals surface area contributed by atoms with Crippen molar-refractivity contribution < 1.29 is 9.59 Å². The van der Waals surface area contributed by atoms with E-state index in [1.807, 2.05) is 65.3 Å². The van der Waals surface area contributed by atoms with Crippen molar-refractivity contribution >= 4 is 23.2 Å². The van der Waals surface area contributed by atoms with Gasteiger partial charge >= 0.3 is 0 Å². The third kappa shape index (κ3) is 3.25. The molecule has 4 rings (SSSR count). The van der Waals surface area contributed by atoms with E-state index in [-0.39, 0.29) is 29.8 Å². The maximum atomic E-state index is 13.2. The molecule has 4 heteroatoms. The molecule has 0 N–H and O–H groups in total. The lowest BCUT2D eigenvalue weighted by molar-refractivity contribution is -0.120. The van der Waals surface area contributed by atoms with Crippen LogP contribution in [0.3, 0.4) is 0 Å². The smallest absolute Gasteiger partial charge is 0.230 e. The summed E-state index contributed by atoms with van der Waals surface area (Å²) in [5.41, 5.74) is 2.95. The summed E-state index contributed by atoms with van der Waals surface area (Å²) in [5.74, 6) is 0.486. The minimum Gasteiger partial charge on any atom is -0.309 e. The molecule has 1 heterocycles. The van der Waals surface area contributed by atoms with Crippen LogP contribution in [0, 0.1) is 5.92 Å². The molecule has 2 atom stereocenters. The summed E-state index contributed by atoms with van der Waals surface area (Å²) in [6.45, 7) is 3.98. The molecule has 2 aromatic carbocycles. The average Bonchev–Trinajstić information content (AvgIpc) is 3.54. The zero-order valence-corrected chi connectivity index (χ0v) is 16.0. The molecular weight excluding hydrogens is 336 g/mol. The molecular formula is C23H26N2O2. The number of nitrogens with zero attached hydrogens (tertiary/aromatic N) is 2. The monoisotopic (exact) mass is 362 g/mol. The lowest BCUT2D eigenvalue weighted by atomic mass is 9.89. The second-order valence-electron chi connectivity index (χ2n) is 7.59. The topological polar surface area (TPSA) is 40.6 Å². The number of para-hydroxylation sites is 2. The molecule has 0 bridgehead atoms. The Labute approximate surface area is 160 Å². The molecule has 4 nitrogen and oxygen atoms in total. The van der Waals surface area contributed by atoms with Crippen LogP contribution in [0.25, 0.3) is 0 Å². The molecule has 0 radical (unpaired) electrons. The fourth-order valence-electron chi connectivity index (χ4n) is 4.15. The third-order valence-electron chi connectivity index (χ3n) is 5.64. The Morgan fingerprint density at radius 1 is 1.04 bits per heavy atom. The molecule has 0 spiro atoms. The largest absolute Gasteiger partial charge is 0.309 e. The van der Waals surface area contributed by atoms with Crippen LogP contribution in [0.15, 0.2) is 54.6 Å². The summed E-state index contributed by atoms with van der Waals surface area (Å²) in [4.78, 5) is 29.7. The summed E-state index contributed by atoms with van der Waals surface area (Å²) in [6.07, 6.45) is 3.18. The Morgan fingerprint density at radius 3 is 2.37 bits per heavy atom. The first-order valence-electron chi connectivity index (χ1n) is 9.91. The van der Waals surface area contributed by atoms with E-state index in [2.05, 4.69) is 13.0 Å². The lowest BCUT2D eigenvalue weighted by Gasteiger charge is -2.43. The minimum absolute atomic E-state index is 0.0485. The van der Waals surface area contributed by atoms with Crippen molar-refractivity contribution in [1.29, 1.82) is 0 Å². The van der Waals surface area contributed by atoms with Crippen molar-refractivity contribution in [3.05, 3.63) is 60.2 Å². The van der Waals surface area contributed by atoms with E-state index in [9.17, 15) is 9.59 Å². The van der Waals surface area contributed by atoms with Crippen LogP contribution < -0.4 is 9.80 Å². The van der Waals surface area contributed by atoms with Gasteiger partial charge in [0.25, 0.3) is 0 Å². The quantitative estimate of drug-likeness (QED) is 0.790. The normalized spacial score (nSPS) is 21.5. The van der Waals surface area contributed by atoms with E-state index < -0.39 is 0 Å². The lowest BCUT2D eigenvalue weighted by Crippen LogP contribution is -2.48. The zero-order chi connectivity index (χ0) is 19.0.